The van der Waals surface area contributed by atoms with E-state index in [1.165, 1.54) is 22.9 Å². The summed E-state index contributed by atoms with van der Waals surface area (Å²) in [6, 6.07) is 9.89. The van der Waals surface area contributed by atoms with Gasteiger partial charge in [0.2, 0.25) is 0 Å². The molecule has 1 N–H and O–H groups in total. The van der Waals surface area contributed by atoms with Crippen LogP contribution in [-0.2, 0) is 6.54 Å². The van der Waals surface area contributed by atoms with Gasteiger partial charge in [-0.05, 0) is 30.4 Å². The molecule has 2 unspecified atom stereocenters. The van der Waals surface area contributed by atoms with Crippen LogP contribution in [0.4, 0.5) is 0 Å². The van der Waals surface area contributed by atoms with E-state index in [1.54, 1.807) is 0 Å². The molecule has 0 aromatic heterocycles. The Morgan fingerprint density at radius 2 is 2.10 bits per heavy atom. The van der Waals surface area contributed by atoms with Gasteiger partial charge in [-0.3, -0.25) is 4.90 Å². The highest BCUT2D eigenvalue weighted by molar-refractivity contribution is 9.10. The van der Waals surface area contributed by atoms with Crippen molar-refractivity contribution in [2.75, 3.05) is 13.1 Å². The maximum Gasteiger partial charge on any atom is 0.0249 e. The maximum absolute atomic E-state index is 3.73. The van der Waals surface area contributed by atoms with Crippen LogP contribution < -0.4 is 5.32 Å². The van der Waals surface area contributed by atoms with Gasteiger partial charge in [0.1, 0.15) is 0 Å². The van der Waals surface area contributed by atoms with E-state index in [0.29, 0.717) is 12.1 Å². The van der Waals surface area contributed by atoms with E-state index in [-0.39, 0.29) is 0 Å². The summed E-state index contributed by atoms with van der Waals surface area (Å²) < 4.78 is 1.23. The Kier molecular flexibility index (Phi) is 6.06. The lowest BCUT2D eigenvalue weighted by Crippen LogP contribution is -2.56. The Morgan fingerprint density at radius 3 is 2.75 bits per heavy atom. The van der Waals surface area contributed by atoms with Crippen molar-refractivity contribution in [3.05, 3.63) is 34.3 Å². The summed E-state index contributed by atoms with van der Waals surface area (Å²) in [6.07, 6.45) is 2.48. The fourth-order valence-electron chi connectivity index (χ4n) is 3.10. The lowest BCUT2D eigenvalue weighted by molar-refractivity contribution is 0.111. The molecule has 112 valence electrons. The fraction of sp³-hybridized carbons (Fsp3) is 0.647. The van der Waals surface area contributed by atoms with Crippen LogP contribution in [-0.4, -0.2) is 30.1 Å². The zero-order valence-corrected chi connectivity index (χ0v) is 14.5. The third-order valence-corrected chi connectivity index (χ3v) is 4.95. The van der Waals surface area contributed by atoms with Gasteiger partial charge in [0.15, 0.2) is 0 Å². The van der Waals surface area contributed by atoms with Crippen LogP contribution in [0, 0.1) is 5.92 Å². The highest BCUT2D eigenvalue weighted by Crippen LogP contribution is 2.22. The Morgan fingerprint density at radius 1 is 1.35 bits per heavy atom. The molecule has 0 saturated carbocycles. The molecule has 2 rings (SSSR count). The molecular weight excluding hydrogens is 312 g/mol. The molecule has 1 heterocycles. The van der Waals surface area contributed by atoms with Gasteiger partial charge < -0.3 is 5.32 Å². The molecule has 0 spiro atoms. The molecular formula is C17H27BrN2. The average molecular weight is 339 g/mol. The number of halogens is 1. The summed E-state index contributed by atoms with van der Waals surface area (Å²) in [5, 5.41) is 3.73. The summed E-state index contributed by atoms with van der Waals surface area (Å²) in [7, 11) is 0. The maximum atomic E-state index is 3.73. The van der Waals surface area contributed by atoms with Crippen molar-refractivity contribution in [3.63, 3.8) is 0 Å². The van der Waals surface area contributed by atoms with Gasteiger partial charge in [-0.2, -0.15) is 0 Å². The van der Waals surface area contributed by atoms with Crippen molar-refractivity contribution in [2.45, 2.75) is 52.2 Å². The lowest BCUT2D eigenvalue weighted by atomic mass is 9.98. The third kappa shape index (κ3) is 4.31. The van der Waals surface area contributed by atoms with Gasteiger partial charge in [0.25, 0.3) is 0 Å². The van der Waals surface area contributed by atoms with Crippen molar-refractivity contribution < 1.29 is 0 Å². The van der Waals surface area contributed by atoms with E-state index < -0.39 is 0 Å². The second-order valence-corrected chi connectivity index (χ2v) is 7.17. The minimum atomic E-state index is 0.639. The number of piperazine rings is 1. The standard InChI is InChI=1S/C17H27BrN2/c1-4-16-10-19-15(9-13(2)3)12-20(16)11-14-7-5-6-8-17(14)18/h5-8,13,15-16,19H,4,9-12H2,1-3H3. The zero-order chi connectivity index (χ0) is 14.5. The first-order valence-electron chi connectivity index (χ1n) is 7.81. The molecule has 2 nitrogen and oxygen atoms in total. The van der Waals surface area contributed by atoms with Crippen LogP contribution in [0.5, 0.6) is 0 Å². The summed E-state index contributed by atoms with van der Waals surface area (Å²) >= 11 is 3.68. The largest absolute Gasteiger partial charge is 0.311 e. The third-order valence-electron chi connectivity index (χ3n) is 4.17. The number of hydrogen-bond donors (Lipinski definition) is 1. The van der Waals surface area contributed by atoms with Crippen LogP contribution in [0.25, 0.3) is 0 Å². The summed E-state index contributed by atoms with van der Waals surface area (Å²) in [4.78, 5) is 2.66. The average Bonchev–Trinajstić information content (AvgIpc) is 2.41. The predicted molar refractivity (Wildman–Crippen MR) is 89.9 cm³/mol. The normalized spacial score (nSPS) is 24.2. The molecule has 2 atom stereocenters. The first-order valence-corrected chi connectivity index (χ1v) is 8.60. The highest BCUT2D eigenvalue weighted by Gasteiger charge is 2.27. The first-order chi connectivity index (χ1) is 9.60. The van der Waals surface area contributed by atoms with E-state index in [9.17, 15) is 0 Å². The minimum absolute atomic E-state index is 0.639. The van der Waals surface area contributed by atoms with Gasteiger partial charge >= 0.3 is 0 Å². The minimum Gasteiger partial charge on any atom is -0.311 e. The molecule has 0 bridgehead atoms. The van der Waals surface area contributed by atoms with Gasteiger partial charge in [-0.15, -0.1) is 0 Å². The number of nitrogens with zero attached hydrogens (tertiary/aromatic N) is 1. The van der Waals surface area contributed by atoms with Crippen molar-refractivity contribution in [1.82, 2.24) is 10.2 Å². The number of nitrogens with one attached hydrogen (secondary N) is 1. The molecule has 1 saturated heterocycles. The van der Waals surface area contributed by atoms with Crippen molar-refractivity contribution >= 4 is 15.9 Å². The van der Waals surface area contributed by atoms with Crippen LogP contribution in [0.1, 0.15) is 39.2 Å². The van der Waals surface area contributed by atoms with Gasteiger partial charge in [-0.1, -0.05) is 54.9 Å². The quantitative estimate of drug-likeness (QED) is 0.871. The van der Waals surface area contributed by atoms with Crippen LogP contribution in [0.15, 0.2) is 28.7 Å². The smallest absolute Gasteiger partial charge is 0.0249 e. The predicted octanol–water partition coefficient (Wildman–Crippen LogP) is 4.05. The monoisotopic (exact) mass is 338 g/mol. The van der Waals surface area contributed by atoms with E-state index in [4.69, 9.17) is 0 Å². The second-order valence-electron chi connectivity index (χ2n) is 6.32. The molecule has 1 aromatic carbocycles. The van der Waals surface area contributed by atoms with E-state index >= 15 is 0 Å². The van der Waals surface area contributed by atoms with Gasteiger partial charge in [0.05, 0.1) is 0 Å². The Balaban J connectivity index is 2.03. The van der Waals surface area contributed by atoms with Crippen molar-refractivity contribution in [3.8, 4) is 0 Å². The molecule has 0 aliphatic carbocycles. The molecule has 1 aliphatic rings. The fourth-order valence-corrected chi connectivity index (χ4v) is 3.51. The van der Waals surface area contributed by atoms with Crippen LogP contribution in [0.3, 0.4) is 0 Å². The molecule has 0 amide bonds. The lowest BCUT2D eigenvalue weighted by Gasteiger charge is -2.41. The Bertz CT molecular complexity index is 419. The van der Waals surface area contributed by atoms with Crippen molar-refractivity contribution in [1.29, 1.82) is 0 Å². The van der Waals surface area contributed by atoms with Crippen LogP contribution in [0.2, 0.25) is 0 Å². The highest BCUT2D eigenvalue weighted by atomic mass is 79.9. The Hall–Kier alpha value is -0.380. The molecule has 20 heavy (non-hydrogen) atoms. The molecule has 1 fully saturated rings. The van der Waals surface area contributed by atoms with E-state index in [2.05, 4.69) is 71.2 Å². The second kappa shape index (κ2) is 7.58. The molecule has 1 aliphatic heterocycles. The first kappa shape index (κ1) is 16.0. The van der Waals surface area contributed by atoms with Gasteiger partial charge in [-0.25, -0.2) is 0 Å². The zero-order valence-electron chi connectivity index (χ0n) is 12.9. The van der Waals surface area contributed by atoms with E-state index in [0.717, 1.165) is 25.6 Å². The van der Waals surface area contributed by atoms with Crippen molar-refractivity contribution in [2.24, 2.45) is 5.92 Å². The van der Waals surface area contributed by atoms with Crippen LogP contribution >= 0.6 is 15.9 Å². The van der Waals surface area contributed by atoms with Gasteiger partial charge in [0, 0.05) is 36.2 Å². The molecule has 3 heteroatoms. The Labute approximate surface area is 132 Å². The van der Waals surface area contributed by atoms with E-state index in [1.807, 2.05) is 0 Å². The number of rotatable bonds is 5. The SMILES string of the molecule is CCC1CNC(CC(C)C)CN1Cc1ccccc1Br. The topological polar surface area (TPSA) is 15.3 Å². The summed E-state index contributed by atoms with van der Waals surface area (Å²) in [6.45, 7) is 10.3. The molecule has 0 radical (unpaired) electrons. The summed E-state index contributed by atoms with van der Waals surface area (Å²) in [5.74, 6) is 0.760. The number of benzene rings is 1. The molecule has 1 aromatic rings. The number of hydrogen-bond acceptors (Lipinski definition) is 2. The summed E-state index contributed by atoms with van der Waals surface area (Å²) in [5.41, 5.74) is 1.40.